The summed E-state index contributed by atoms with van der Waals surface area (Å²) < 4.78 is 5.87. The van der Waals surface area contributed by atoms with Gasteiger partial charge in [0.1, 0.15) is 17.4 Å². The number of aryl methyl sites for hydroxylation is 2. The second kappa shape index (κ2) is 6.73. The molecule has 0 saturated heterocycles. The Kier molecular flexibility index (Phi) is 4.98. The van der Waals surface area contributed by atoms with Crippen LogP contribution in [0, 0.1) is 25.2 Å². The molecular formula is C17H20N2OS. The molecule has 0 amide bonds. The largest absolute Gasteiger partial charge is 0.486 e. The molecule has 0 radical (unpaired) electrons. The number of thiazole rings is 1. The molecule has 110 valence electrons. The molecule has 0 bridgehead atoms. The van der Waals surface area contributed by atoms with Crippen LogP contribution in [0.3, 0.4) is 0 Å². The van der Waals surface area contributed by atoms with E-state index >= 15 is 0 Å². The Morgan fingerprint density at radius 3 is 2.71 bits per heavy atom. The summed E-state index contributed by atoms with van der Waals surface area (Å²) in [6, 6.07) is 8.36. The predicted octanol–water partition coefficient (Wildman–Crippen LogP) is 4.53. The lowest BCUT2D eigenvalue weighted by atomic mass is 10.1. The predicted molar refractivity (Wildman–Crippen MR) is 85.8 cm³/mol. The SMILES string of the molecule is Cc1ccc(OCc2nc(C(C)C)c(CC#N)s2)c(C)c1. The molecule has 4 heteroatoms. The fourth-order valence-corrected chi connectivity index (χ4v) is 3.29. The van der Waals surface area contributed by atoms with Gasteiger partial charge in [-0.25, -0.2) is 4.98 Å². The van der Waals surface area contributed by atoms with Gasteiger partial charge < -0.3 is 4.74 Å². The van der Waals surface area contributed by atoms with Gasteiger partial charge in [-0.15, -0.1) is 11.3 Å². The summed E-state index contributed by atoms with van der Waals surface area (Å²) in [4.78, 5) is 5.69. The van der Waals surface area contributed by atoms with E-state index in [4.69, 9.17) is 10.00 Å². The molecule has 1 aromatic carbocycles. The van der Waals surface area contributed by atoms with Gasteiger partial charge in [0.25, 0.3) is 0 Å². The highest BCUT2D eigenvalue weighted by Crippen LogP contribution is 2.27. The van der Waals surface area contributed by atoms with Crippen LogP contribution < -0.4 is 4.74 Å². The van der Waals surface area contributed by atoms with Crippen LogP contribution in [0.25, 0.3) is 0 Å². The minimum absolute atomic E-state index is 0.333. The zero-order chi connectivity index (χ0) is 15.4. The van der Waals surface area contributed by atoms with Gasteiger partial charge in [-0.2, -0.15) is 5.26 Å². The topological polar surface area (TPSA) is 45.9 Å². The molecule has 0 spiro atoms. The fraction of sp³-hybridized carbons (Fsp3) is 0.412. The first kappa shape index (κ1) is 15.5. The highest BCUT2D eigenvalue weighted by Gasteiger charge is 2.14. The van der Waals surface area contributed by atoms with E-state index in [1.165, 1.54) is 5.56 Å². The third kappa shape index (κ3) is 3.83. The fourth-order valence-electron chi connectivity index (χ4n) is 2.23. The molecule has 0 aliphatic carbocycles. The van der Waals surface area contributed by atoms with Crippen molar-refractivity contribution in [1.29, 1.82) is 5.26 Å². The number of aromatic nitrogens is 1. The first-order chi connectivity index (χ1) is 10.0. The van der Waals surface area contributed by atoms with E-state index in [-0.39, 0.29) is 0 Å². The van der Waals surface area contributed by atoms with Gasteiger partial charge in [-0.3, -0.25) is 0 Å². The van der Waals surface area contributed by atoms with E-state index in [9.17, 15) is 0 Å². The van der Waals surface area contributed by atoms with Crippen LogP contribution in [0.4, 0.5) is 0 Å². The lowest BCUT2D eigenvalue weighted by Gasteiger charge is -2.08. The Hall–Kier alpha value is -1.86. The summed E-state index contributed by atoms with van der Waals surface area (Å²) in [7, 11) is 0. The second-order valence-corrected chi connectivity index (χ2v) is 6.63. The van der Waals surface area contributed by atoms with Gasteiger partial charge in [0, 0.05) is 4.88 Å². The molecule has 21 heavy (non-hydrogen) atoms. The van der Waals surface area contributed by atoms with E-state index in [0.29, 0.717) is 18.9 Å². The second-order valence-electron chi connectivity index (χ2n) is 5.46. The summed E-state index contributed by atoms with van der Waals surface area (Å²) in [5.41, 5.74) is 3.39. The molecule has 0 atom stereocenters. The first-order valence-electron chi connectivity index (χ1n) is 7.06. The molecule has 0 aliphatic heterocycles. The monoisotopic (exact) mass is 300 g/mol. The molecule has 2 rings (SSSR count). The number of benzene rings is 1. The maximum Gasteiger partial charge on any atom is 0.140 e. The average Bonchev–Trinajstić information content (AvgIpc) is 2.81. The van der Waals surface area contributed by atoms with Crippen molar-refractivity contribution in [3.05, 3.63) is 44.9 Å². The summed E-state index contributed by atoms with van der Waals surface area (Å²) in [6.07, 6.45) is 0.425. The van der Waals surface area contributed by atoms with Crippen LogP contribution in [-0.2, 0) is 13.0 Å². The average molecular weight is 300 g/mol. The Balaban J connectivity index is 2.13. The van der Waals surface area contributed by atoms with Crippen molar-refractivity contribution in [2.24, 2.45) is 0 Å². The third-order valence-corrected chi connectivity index (χ3v) is 4.28. The molecule has 0 saturated carbocycles. The van der Waals surface area contributed by atoms with Gasteiger partial charge in [-0.1, -0.05) is 31.5 Å². The maximum atomic E-state index is 8.90. The quantitative estimate of drug-likeness (QED) is 0.815. The van der Waals surface area contributed by atoms with E-state index in [1.807, 2.05) is 19.1 Å². The molecular weight excluding hydrogens is 280 g/mol. The number of hydrogen-bond donors (Lipinski definition) is 0. The molecule has 3 nitrogen and oxygen atoms in total. The van der Waals surface area contributed by atoms with Crippen molar-refractivity contribution >= 4 is 11.3 Å². The Bertz CT molecular complexity index is 668. The summed E-state index contributed by atoms with van der Waals surface area (Å²) in [5.74, 6) is 1.23. The lowest BCUT2D eigenvalue weighted by molar-refractivity contribution is 0.303. The number of nitrogens with zero attached hydrogens (tertiary/aromatic N) is 2. The van der Waals surface area contributed by atoms with Gasteiger partial charge in [0.05, 0.1) is 18.2 Å². The van der Waals surface area contributed by atoms with Gasteiger partial charge >= 0.3 is 0 Å². The maximum absolute atomic E-state index is 8.90. The van der Waals surface area contributed by atoms with Crippen LogP contribution in [0.1, 0.15) is 46.5 Å². The zero-order valence-electron chi connectivity index (χ0n) is 12.9. The molecule has 0 fully saturated rings. The van der Waals surface area contributed by atoms with Gasteiger partial charge in [0.2, 0.25) is 0 Å². The van der Waals surface area contributed by atoms with Crippen molar-refractivity contribution in [2.75, 3.05) is 0 Å². The van der Waals surface area contributed by atoms with Crippen molar-refractivity contribution in [1.82, 2.24) is 4.98 Å². The van der Waals surface area contributed by atoms with E-state index in [0.717, 1.165) is 26.9 Å². The Morgan fingerprint density at radius 2 is 2.10 bits per heavy atom. The zero-order valence-corrected chi connectivity index (χ0v) is 13.8. The molecule has 2 aromatic rings. The van der Waals surface area contributed by atoms with Gasteiger partial charge in [-0.05, 0) is 31.4 Å². The van der Waals surface area contributed by atoms with Crippen molar-refractivity contribution in [3.63, 3.8) is 0 Å². The van der Waals surface area contributed by atoms with Gasteiger partial charge in [0.15, 0.2) is 0 Å². The van der Waals surface area contributed by atoms with E-state index in [2.05, 4.69) is 37.9 Å². The third-order valence-electron chi connectivity index (χ3n) is 3.24. The lowest BCUT2D eigenvalue weighted by Crippen LogP contribution is -1.98. The summed E-state index contributed by atoms with van der Waals surface area (Å²) in [5, 5.41) is 9.84. The standard InChI is InChI=1S/C17H20N2OS/c1-11(2)17-15(7-8-18)21-16(19-17)10-20-14-6-5-12(3)9-13(14)4/h5-6,9,11H,7,10H2,1-4H3. The van der Waals surface area contributed by atoms with Crippen molar-refractivity contribution < 1.29 is 4.74 Å². The number of hydrogen-bond acceptors (Lipinski definition) is 4. The summed E-state index contributed by atoms with van der Waals surface area (Å²) >= 11 is 1.58. The van der Waals surface area contributed by atoms with Crippen molar-refractivity contribution in [2.45, 2.75) is 46.6 Å². The van der Waals surface area contributed by atoms with Crippen LogP contribution >= 0.6 is 11.3 Å². The Labute approximate surface area is 130 Å². The van der Waals surface area contributed by atoms with Crippen LogP contribution in [0.5, 0.6) is 5.75 Å². The Morgan fingerprint density at radius 1 is 1.33 bits per heavy atom. The highest BCUT2D eigenvalue weighted by molar-refractivity contribution is 7.11. The van der Waals surface area contributed by atoms with Crippen LogP contribution in [0.2, 0.25) is 0 Å². The molecule has 1 aromatic heterocycles. The minimum Gasteiger partial charge on any atom is -0.486 e. The number of rotatable bonds is 5. The van der Waals surface area contributed by atoms with Crippen LogP contribution in [-0.4, -0.2) is 4.98 Å². The minimum atomic E-state index is 0.333. The van der Waals surface area contributed by atoms with Crippen molar-refractivity contribution in [3.8, 4) is 11.8 Å². The molecule has 0 N–H and O–H groups in total. The smallest absolute Gasteiger partial charge is 0.140 e. The van der Waals surface area contributed by atoms with E-state index < -0.39 is 0 Å². The molecule has 0 aliphatic rings. The van der Waals surface area contributed by atoms with Crippen LogP contribution in [0.15, 0.2) is 18.2 Å². The molecule has 1 heterocycles. The number of ether oxygens (including phenoxy) is 1. The molecule has 0 unspecified atom stereocenters. The summed E-state index contributed by atoms with van der Waals surface area (Å²) in [6.45, 7) is 8.78. The first-order valence-corrected chi connectivity index (χ1v) is 7.88. The van der Waals surface area contributed by atoms with E-state index in [1.54, 1.807) is 11.3 Å². The number of nitriles is 1. The normalized spacial score (nSPS) is 10.7. The highest BCUT2D eigenvalue weighted by atomic mass is 32.1.